The second-order valence-electron chi connectivity index (χ2n) is 9.32. The lowest BCUT2D eigenvalue weighted by atomic mass is 10.2. The van der Waals surface area contributed by atoms with Crippen LogP contribution in [-0.2, 0) is 14.3 Å². The summed E-state index contributed by atoms with van der Waals surface area (Å²) < 4.78 is 10.4. The van der Waals surface area contributed by atoms with Crippen molar-refractivity contribution in [3.63, 3.8) is 0 Å². The van der Waals surface area contributed by atoms with E-state index in [2.05, 4.69) is 0 Å². The molecule has 2 N–H and O–H groups in total. The zero-order valence-corrected chi connectivity index (χ0v) is 18.4. The molecule has 0 aliphatic carbocycles. The van der Waals surface area contributed by atoms with E-state index in [4.69, 9.17) is 19.7 Å². The minimum absolute atomic E-state index is 0.0270. The van der Waals surface area contributed by atoms with Crippen LogP contribution in [0.5, 0.6) is 0 Å². The van der Waals surface area contributed by atoms with Gasteiger partial charge in [0.05, 0.1) is 12.6 Å². The monoisotopic (exact) mass is 416 g/mol. The molecule has 2 fully saturated rings. The molecule has 2 aliphatic heterocycles. The zero-order valence-electron chi connectivity index (χ0n) is 18.4. The van der Waals surface area contributed by atoms with Crippen molar-refractivity contribution in [2.45, 2.75) is 90.5 Å². The Morgan fingerprint density at radius 3 is 1.76 bits per heavy atom. The number of hydrogen-bond donors (Lipinski definition) is 2. The molecular weight excluding hydrogens is 380 g/mol. The summed E-state index contributed by atoms with van der Waals surface area (Å²) in [4.78, 5) is 37.0. The molecule has 9 heteroatoms. The molecular formula is C20H36N2O7. The third-order valence-corrected chi connectivity index (χ3v) is 4.38. The quantitative estimate of drug-likeness (QED) is 0.711. The first-order chi connectivity index (χ1) is 13.2. The van der Waals surface area contributed by atoms with Crippen LogP contribution in [0.3, 0.4) is 0 Å². The van der Waals surface area contributed by atoms with E-state index in [1.807, 2.05) is 20.8 Å². The minimum atomic E-state index is -0.960. The van der Waals surface area contributed by atoms with E-state index >= 15 is 0 Å². The molecule has 0 bridgehead atoms. The summed E-state index contributed by atoms with van der Waals surface area (Å²) in [7, 11) is 0. The van der Waals surface area contributed by atoms with Crippen LogP contribution in [0.1, 0.15) is 67.2 Å². The number of aliphatic carboxylic acids is 1. The summed E-state index contributed by atoms with van der Waals surface area (Å²) in [5, 5.41) is 17.9. The number of amides is 2. The minimum Gasteiger partial charge on any atom is -0.480 e. The van der Waals surface area contributed by atoms with Crippen LogP contribution >= 0.6 is 0 Å². The summed E-state index contributed by atoms with van der Waals surface area (Å²) >= 11 is 0. The van der Waals surface area contributed by atoms with Gasteiger partial charge in [-0.3, -0.25) is 4.90 Å². The third-order valence-electron chi connectivity index (χ3n) is 4.38. The highest BCUT2D eigenvalue weighted by molar-refractivity contribution is 5.80. The molecule has 2 rings (SSSR count). The maximum Gasteiger partial charge on any atom is 0.411 e. The smallest absolute Gasteiger partial charge is 0.411 e. The predicted octanol–water partition coefficient (Wildman–Crippen LogP) is 2.85. The highest BCUT2D eigenvalue weighted by atomic mass is 16.6. The van der Waals surface area contributed by atoms with Crippen LogP contribution in [-0.4, -0.2) is 81.2 Å². The number of carbonyl (C=O) groups is 3. The van der Waals surface area contributed by atoms with Gasteiger partial charge in [0.25, 0.3) is 0 Å². The molecule has 9 nitrogen and oxygen atoms in total. The van der Waals surface area contributed by atoms with Gasteiger partial charge in [0, 0.05) is 13.1 Å². The highest BCUT2D eigenvalue weighted by Gasteiger charge is 2.36. The van der Waals surface area contributed by atoms with Crippen molar-refractivity contribution in [1.29, 1.82) is 0 Å². The number of hydrogen-bond acceptors (Lipinski definition) is 6. The van der Waals surface area contributed by atoms with Crippen LogP contribution in [0.2, 0.25) is 0 Å². The van der Waals surface area contributed by atoms with Crippen molar-refractivity contribution in [2.24, 2.45) is 0 Å². The second-order valence-corrected chi connectivity index (χ2v) is 9.32. The number of aliphatic hydroxyl groups is 1. The Balaban J connectivity index is 0.000000291. The van der Waals surface area contributed by atoms with Gasteiger partial charge >= 0.3 is 18.2 Å². The Bertz CT molecular complexity index is 580. The maximum atomic E-state index is 11.6. The Morgan fingerprint density at radius 2 is 1.31 bits per heavy atom. The number of ether oxygens (including phenoxy) is 2. The number of likely N-dealkylation sites (tertiary alicyclic amines) is 2. The molecule has 0 aromatic carbocycles. The van der Waals surface area contributed by atoms with E-state index in [0.717, 1.165) is 19.3 Å². The van der Waals surface area contributed by atoms with Gasteiger partial charge in [-0.05, 0) is 67.2 Å². The van der Waals surface area contributed by atoms with Gasteiger partial charge in [0.15, 0.2) is 0 Å². The highest BCUT2D eigenvalue weighted by Crippen LogP contribution is 2.21. The molecule has 2 amide bonds. The Hall–Kier alpha value is -2.03. The lowest BCUT2D eigenvalue weighted by Crippen LogP contribution is -2.43. The second kappa shape index (κ2) is 10.1. The van der Waals surface area contributed by atoms with Crippen molar-refractivity contribution < 1.29 is 34.1 Å². The largest absolute Gasteiger partial charge is 0.480 e. The van der Waals surface area contributed by atoms with Crippen LogP contribution in [0.4, 0.5) is 9.59 Å². The fraction of sp³-hybridized carbons (Fsp3) is 0.850. The first kappa shape index (κ1) is 25.0. The molecule has 2 atom stereocenters. The first-order valence-electron chi connectivity index (χ1n) is 10.1. The molecule has 29 heavy (non-hydrogen) atoms. The standard InChI is InChI=1S/C10H17NO4.C10H19NO3/c1-10(2,3)15-9(14)11-6-4-5-7(11)8(12)13;1-10(2,3)14-9(13)11-6-4-5-8(11)7-12/h7H,4-6H2,1-3H3,(H,12,13);8,12H,4-7H2,1-3H3/t7-;8-/m11/s1. The average molecular weight is 417 g/mol. The SMILES string of the molecule is CC(C)(C)OC(=O)N1CCC[C@@H]1C(=O)O.CC(C)(C)OC(=O)N1CCC[C@@H]1CO. The lowest BCUT2D eigenvalue weighted by Gasteiger charge is -2.27. The van der Waals surface area contributed by atoms with E-state index in [1.165, 1.54) is 4.90 Å². The van der Waals surface area contributed by atoms with Crippen molar-refractivity contribution >= 4 is 18.2 Å². The van der Waals surface area contributed by atoms with Gasteiger partial charge in [-0.2, -0.15) is 0 Å². The van der Waals surface area contributed by atoms with Gasteiger partial charge in [0.2, 0.25) is 0 Å². The fourth-order valence-electron chi connectivity index (χ4n) is 3.15. The number of carboxylic acids is 1. The van der Waals surface area contributed by atoms with Crippen LogP contribution in [0.25, 0.3) is 0 Å². The van der Waals surface area contributed by atoms with Crippen LogP contribution in [0, 0.1) is 0 Å². The van der Waals surface area contributed by atoms with Gasteiger partial charge in [-0.1, -0.05) is 0 Å². The molecule has 0 unspecified atom stereocenters. The first-order valence-corrected chi connectivity index (χ1v) is 10.1. The molecule has 0 aromatic rings. The van der Waals surface area contributed by atoms with Gasteiger partial charge < -0.3 is 24.6 Å². The maximum absolute atomic E-state index is 11.6. The Kier molecular flexibility index (Phi) is 8.74. The molecule has 0 saturated carbocycles. The van der Waals surface area contributed by atoms with Crippen molar-refractivity contribution in [1.82, 2.24) is 9.80 Å². The van der Waals surface area contributed by atoms with Gasteiger partial charge in [-0.25, -0.2) is 14.4 Å². The number of carboxylic acid groups (broad SMARTS) is 1. The van der Waals surface area contributed by atoms with E-state index in [9.17, 15) is 14.4 Å². The molecule has 0 aromatic heterocycles. The molecule has 2 heterocycles. The predicted molar refractivity (Wildman–Crippen MR) is 107 cm³/mol. The normalized spacial score (nSPS) is 22.0. The Morgan fingerprint density at radius 1 is 0.862 bits per heavy atom. The zero-order chi connectivity index (χ0) is 22.4. The van der Waals surface area contributed by atoms with Crippen LogP contribution < -0.4 is 0 Å². The summed E-state index contributed by atoms with van der Waals surface area (Å²) in [5.74, 6) is -0.960. The molecule has 0 spiro atoms. The number of nitrogens with zero attached hydrogens (tertiary/aromatic N) is 2. The summed E-state index contributed by atoms with van der Waals surface area (Å²) in [6.45, 7) is 12.0. The fourth-order valence-corrected chi connectivity index (χ4v) is 3.15. The topological polar surface area (TPSA) is 117 Å². The van der Waals surface area contributed by atoms with E-state index in [0.29, 0.717) is 19.5 Å². The molecule has 2 aliphatic rings. The van der Waals surface area contributed by atoms with E-state index < -0.39 is 29.3 Å². The van der Waals surface area contributed by atoms with Crippen molar-refractivity contribution in [3.8, 4) is 0 Å². The van der Waals surface area contributed by atoms with E-state index in [-0.39, 0.29) is 18.7 Å². The summed E-state index contributed by atoms with van der Waals surface area (Å²) in [6.07, 6.45) is 2.20. The number of aliphatic hydroxyl groups excluding tert-OH is 1. The third kappa shape index (κ3) is 8.47. The van der Waals surface area contributed by atoms with Gasteiger partial charge in [-0.15, -0.1) is 0 Å². The van der Waals surface area contributed by atoms with E-state index in [1.54, 1.807) is 25.7 Å². The molecule has 2 saturated heterocycles. The Labute approximate surface area is 172 Å². The summed E-state index contributed by atoms with van der Waals surface area (Å²) in [6, 6.07) is -0.773. The van der Waals surface area contributed by atoms with Crippen LogP contribution in [0.15, 0.2) is 0 Å². The van der Waals surface area contributed by atoms with Crippen molar-refractivity contribution in [2.75, 3.05) is 19.7 Å². The molecule has 168 valence electrons. The molecule has 0 radical (unpaired) electrons. The van der Waals surface area contributed by atoms with Gasteiger partial charge in [0.1, 0.15) is 17.2 Å². The summed E-state index contributed by atoms with van der Waals surface area (Å²) in [5.41, 5.74) is -1.04. The number of rotatable bonds is 2. The lowest BCUT2D eigenvalue weighted by molar-refractivity contribution is -0.142. The average Bonchev–Trinajstić information content (AvgIpc) is 3.21. The number of carbonyl (C=O) groups excluding carboxylic acids is 2. The van der Waals surface area contributed by atoms with Crippen molar-refractivity contribution in [3.05, 3.63) is 0 Å².